The van der Waals surface area contributed by atoms with Gasteiger partial charge < -0.3 is 30.7 Å². The monoisotopic (exact) mass is 668 g/mol. The number of benzene rings is 3. The molecule has 2 bridgehead atoms. The number of para-hydroxylation sites is 1. The Morgan fingerprint density at radius 2 is 1.60 bits per heavy atom. The van der Waals surface area contributed by atoms with Crippen LogP contribution in [0, 0.1) is 0 Å². The van der Waals surface area contributed by atoms with E-state index in [9.17, 15) is 32.3 Å². The number of carbonyl (C=O) groups excluding carboxylic acids is 4. The second kappa shape index (κ2) is 15.7. The van der Waals surface area contributed by atoms with Gasteiger partial charge in [-0.3, -0.25) is 14.4 Å². The van der Waals surface area contributed by atoms with E-state index in [4.69, 9.17) is 9.47 Å². The Morgan fingerprint density at radius 3 is 2.31 bits per heavy atom. The highest BCUT2D eigenvalue weighted by atomic mass is 19.4. The Hall–Kier alpha value is -5.07. The molecule has 3 aromatic carbocycles. The topological polar surface area (TPSA) is 135 Å². The molecule has 0 fully saturated rings. The molecule has 256 valence electrons. The van der Waals surface area contributed by atoms with Gasteiger partial charge in [-0.2, -0.15) is 13.2 Å². The summed E-state index contributed by atoms with van der Waals surface area (Å²) < 4.78 is 50.7. The molecule has 0 saturated carbocycles. The SMILES string of the molecule is CC(C)(C)OC(=O)N[C@H]1Cc2cccc(c2)Oc2ccccc2C[C@@H](C(=O)NCC(F)(F)F)NC(=O)[C@H](CCc2ccccc2)NC1=O. The van der Waals surface area contributed by atoms with Crippen LogP contribution in [0.5, 0.6) is 11.5 Å². The second-order valence-electron chi connectivity index (χ2n) is 12.4. The minimum atomic E-state index is -4.69. The van der Waals surface area contributed by atoms with E-state index in [1.807, 2.05) is 35.6 Å². The minimum Gasteiger partial charge on any atom is -0.457 e. The molecule has 1 aliphatic rings. The van der Waals surface area contributed by atoms with Crippen LogP contribution in [0.4, 0.5) is 18.0 Å². The van der Waals surface area contributed by atoms with Crippen molar-refractivity contribution in [2.75, 3.05) is 6.54 Å². The summed E-state index contributed by atoms with van der Waals surface area (Å²) in [6.45, 7) is 3.42. The van der Waals surface area contributed by atoms with E-state index in [-0.39, 0.29) is 19.3 Å². The molecule has 0 aliphatic carbocycles. The lowest BCUT2D eigenvalue weighted by molar-refractivity contribution is -0.141. The molecule has 0 saturated heterocycles. The highest BCUT2D eigenvalue weighted by molar-refractivity contribution is 5.94. The molecule has 4 N–H and O–H groups in total. The van der Waals surface area contributed by atoms with Crippen molar-refractivity contribution in [1.82, 2.24) is 21.3 Å². The maximum absolute atomic E-state index is 13.8. The van der Waals surface area contributed by atoms with Crippen LogP contribution in [0.25, 0.3) is 0 Å². The first-order chi connectivity index (χ1) is 22.6. The molecular formula is C35H39F3N4O6. The van der Waals surface area contributed by atoms with Crippen molar-refractivity contribution in [2.45, 2.75) is 76.4 Å². The van der Waals surface area contributed by atoms with E-state index in [0.29, 0.717) is 29.0 Å². The van der Waals surface area contributed by atoms with Crippen LogP contribution in [-0.4, -0.2) is 60.3 Å². The molecule has 4 rings (SSSR count). The highest BCUT2D eigenvalue weighted by Gasteiger charge is 2.34. The molecule has 13 heteroatoms. The Balaban J connectivity index is 1.74. The zero-order valence-electron chi connectivity index (χ0n) is 26.9. The number of halogens is 3. The van der Waals surface area contributed by atoms with E-state index >= 15 is 0 Å². The predicted molar refractivity (Wildman–Crippen MR) is 171 cm³/mol. The number of aryl methyl sites for hydroxylation is 1. The number of hydrogen-bond donors (Lipinski definition) is 4. The van der Waals surface area contributed by atoms with Gasteiger partial charge in [0.2, 0.25) is 17.7 Å². The Kier molecular flexibility index (Phi) is 11.7. The first kappa shape index (κ1) is 35.8. The predicted octanol–water partition coefficient (Wildman–Crippen LogP) is 4.75. The maximum atomic E-state index is 13.8. The fraction of sp³-hybridized carbons (Fsp3) is 0.371. The molecule has 1 aliphatic heterocycles. The molecule has 3 aromatic rings. The summed E-state index contributed by atoms with van der Waals surface area (Å²) in [6, 6.07) is 18.7. The average Bonchev–Trinajstić information content (AvgIpc) is 3.01. The summed E-state index contributed by atoms with van der Waals surface area (Å²) in [4.78, 5) is 53.6. The maximum Gasteiger partial charge on any atom is 0.408 e. The van der Waals surface area contributed by atoms with Crippen molar-refractivity contribution < 1.29 is 41.8 Å². The van der Waals surface area contributed by atoms with Gasteiger partial charge >= 0.3 is 12.3 Å². The Morgan fingerprint density at radius 1 is 0.896 bits per heavy atom. The van der Waals surface area contributed by atoms with Crippen molar-refractivity contribution in [3.63, 3.8) is 0 Å². The van der Waals surface area contributed by atoms with Crippen LogP contribution in [0.15, 0.2) is 78.9 Å². The first-order valence-corrected chi connectivity index (χ1v) is 15.5. The molecule has 0 aromatic heterocycles. The zero-order chi connectivity index (χ0) is 34.9. The number of rotatable bonds is 6. The normalized spacial score (nSPS) is 18.8. The van der Waals surface area contributed by atoms with E-state index in [0.717, 1.165) is 5.56 Å². The number of nitrogens with one attached hydrogen (secondary N) is 4. The largest absolute Gasteiger partial charge is 0.457 e. The van der Waals surface area contributed by atoms with Crippen molar-refractivity contribution in [3.05, 3.63) is 95.6 Å². The van der Waals surface area contributed by atoms with Gasteiger partial charge in [0.25, 0.3) is 0 Å². The fourth-order valence-corrected chi connectivity index (χ4v) is 5.04. The highest BCUT2D eigenvalue weighted by Crippen LogP contribution is 2.28. The summed E-state index contributed by atoms with van der Waals surface area (Å²) in [5.41, 5.74) is 1.06. The number of alkyl halides is 3. The van der Waals surface area contributed by atoms with Crippen LogP contribution in [0.3, 0.4) is 0 Å². The van der Waals surface area contributed by atoms with Crippen molar-refractivity contribution in [1.29, 1.82) is 0 Å². The van der Waals surface area contributed by atoms with E-state index in [2.05, 4.69) is 16.0 Å². The third-order valence-electron chi connectivity index (χ3n) is 7.26. The number of amides is 4. The van der Waals surface area contributed by atoms with Gasteiger partial charge in [-0.05, 0) is 68.5 Å². The number of ether oxygens (including phenoxy) is 2. The summed E-state index contributed by atoms with van der Waals surface area (Å²) in [6.07, 6.45) is -5.34. The number of fused-ring (bicyclic) bond motifs is 3. The van der Waals surface area contributed by atoms with Crippen molar-refractivity contribution in [3.8, 4) is 11.5 Å². The molecular weight excluding hydrogens is 629 g/mol. The number of alkyl carbamates (subject to hydrolysis) is 1. The van der Waals surface area contributed by atoms with E-state index in [1.165, 1.54) is 0 Å². The summed E-state index contributed by atoms with van der Waals surface area (Å²) >= 11 is 0. The van der Waals surface area contributed by atoms with Crippen molar-refractivity contribution in [2.24, 2.45) is 0 Å². The van der Waals surface area contributed by atoms with Gasteiger partial charge in [0.1, 0.15) is 41.8 Å². The number of carbonyl (C=O) groups is 4. The van der Waals surface area contributed by atoms with Gasteiger partial charge in [0.15, 0.2) is 0 Å². The van der Waals surface area contributed by atoms with Crippen LogP contribution >= 0.6 is 0 Å². The van der Waals surface area contributed by atoms with Crippen LogP contribution in [0.2, 0.25) is 0 Å². The Labute approximate surface area is 276 Å². The molecule has 0 unspecified atom stereocenters. The molecule has 3 atom stereocenters. The third kappa shape index (κ3) is 11.3. The van der Waals surface area contributed by atoms with Gasteiger partial charge in [-0.1, -0.05) is 60.7 Å². The third-order valence-corrected chi connectivity index (χ3v) is 7.26. The molecule has 4 amide bonds. The summed E-state index contributed by atoms with van der Waals surface area (Å²) in [5.74, 6) is -1.90. The van der Waals surface area contributed by atoms with Gasteiger partial charge in [-0.25, -0.2) is 4.79 Å². The van der Waals surface area contributed by atoms with E-state index in [1.54, 1.807) is 69.3 Å². The van der Waals surface area contributed by atoms with Crippen LogP contribution < -0.4 is 26.0 Å². The smallest absolute Gasteiger partial charge is 0.408 e. The summed E-state index contributed by atoms with van der Waals surface area (Å²) in [5, 5.41) is 9.71. The Bertz CT molecular complexity index is 1590. The fourth-order valence-electron chi connectivity index (χ4n) is 5.04. The molecule has 1 heterocycles. The standard InChI is InChI=1S/C35H39F3N4O6/c1-34(2,3)48-33(46)42-27-19-23-12-9-14-25(18-23)47-29-15-8-7-13-24(29)20-28(30(43)39-21-35(36,37)38)41-31(44)26(40-32(27)45)17-16-22-10-5-4-6-11-22/h4-15,18,26-28H,16-17,19-21H2,1-3H3,(H,39,43)(H,40,45)(H,41,44)(H,42,46)/t26-,27-,28-/m0/s1. The lowest BCUT2D eigenvalue weighted by Crippen LogP contribution is -2.58. The first-order valence-electron chi connectivity index (χ1n) is 15.5. The van der Waals surface area contributed by atoms with Crippen LogP contribution in [0.1, 0.15) is 43.9 Å². The number of hydrogen-bond acceptors (Lipinski definition) is 6. The van der Waals surface area contributed by atoms with Gasteiger partial charge in [0, 0.05) is 12.8 Å². The van der Waals surface area contributed by atoms with Gasteiger partial charge in [-0.15, -0.1) is 0 Å². The summed E-state index contributed by atoms with van der Waals surface area (Å²) in [7, 11) is 0. The van der Waals surface area contributed by atoms with Crippen molar-refractivity contribution >= 4 is 23.8 Å². The quantitative estimate of drug-likeness (QED) is 0.300. The molecule has 48 heavy (non-hydrogen) atoms. The van der Waals surface area contributed by atoms with Gasteiger partial charge in [0.05, 0.1) is 0 Å². The lowest BCUT2D eigenvalue weighted by Gasteiger charge is -2.26. The lowest BCUT2D eigenvalue weighted by atomic mass is 10.0. The zero-order valence-corrected chi connectivity index (χ0v) is 26.9. The molecule has 10 nitrogen and oxygen atoms in total. The minimum absolute atomic E-state index is 0.000575. The average molecular weight is 669 g/mol. The second-order valence-corrected chi connectivity index (χ2v) is 12.4. The molecule has 0 spiro atoms. The van der Waals surface area contributed by atoms with E-state index < -0.39 is 60.3 Å². The van der Waals surface area contributed by atoms with Crippen LogP contribution in [-0.2, 0) is 38.4 Å². The molecule has 0 radical (unpaired) electrons.